The van der Waals surface area contributed by atoms with E-state index in [-0.39, 0.29) is 52.6 Å². The monoisotopic (exact) mass is 444 g/mol. The predicted octanol–water partition coefficient (Wildman–Crippen LogP) is 4.70. The summed E-state index contributed by atoms with van der Waals surface area (Å²) in [5.41, 5.74) is -1.08. The standard InChI is InChI=1S/C26H33FO5/c1-13(31-14(2)28)26(32-15(3)29)9-7-18-16-11-22(27)21-12-23(30)17-10-20(17)25(21,5)19(16)6-8-24(18,26)4/h11-13,16-20H,6-10H2,1-5H3/t13-,16-,17?,18-,19+,20?,24-,25+,26+/m0/s1. The van der Waals surface area contributed by atoms with E-state index in [9.17, 15) is 14.4 Å². The summed E-state index contributed by atoms with van der Waals surface area (Å²) in [6.07, 6.45) is 6.63. The zero-order valence-corrected chi connectivity index (χ0v) is 19.6. The molecule has 5 rings (SSSR count). The molecular weight excluding hydrogens is 411 g/mol. The highest BCUT2D eigenvalue weighted by molar-refractivity contribution is 5.97. The van der Waals surface area contributed by atoms with E-state index in [0.29, 0.717) is 12.0 Å². The summed E-state index contributed by atoms with van der Waals surface area (Å²) in [5.74, 6) is -0.312. The fourth-order valence-corrected chi connectivity index (χ4v) is 8.52. The number of fused-ring (bicyclic) bond motifs is 7. The van der Waals surface area contributed by atoms with E-state index in [2.05, 4.69) is 13.8 Å². The maximum absolute atomic E-state index is 15.5. The van der Waals surface area contributed by atoms with Gasteiger partial charge in [0.25, 0.3) is 0 Å². The van der Waals surface area contributed by atoms with E-state index in [1.165, 1.54) is 13.8 Å². The first-order valence-corrected chi connectivity index (χ1v) is 12.0. The van der Waals surface area contributed by atoms with Gasteiger partial charge in [0.2, 0.25) is 0 Å². The van der Waals surface area contributed by atoms with Gasteiger partial charge in [-0.1, -0.05) is 13.8 Å². The Balaban J connectivity index is 1.57. The van der Waals surface area contributed by atoms with Crippen molar-refractivity contribution in [3.63, 3.8) is 0 Å². The molecule has 5 aliphatic rings. The number of rotatable bonds is 3. The quantitative estimate of drug-likeness (QED) is 0.590. The number of carbonyl (C=O) groups is 3. The first kappa shape index (κ1) is 21.8. The van der Waals surface area contributed by atoms with Gasteiger partial charge in [-0.05, 0) is 80.4 Å². The van der Waals surface area contributed by atoms with Crippen LogP contribution in [0.15, 0.2) is 23.6 Å². The van der Waals surface area contributed by atoms with Crippen LogP contribution in [0.1, 0.15) is 66.7 Å². The van der Waals surface area contributed by atoms with Gasteiger partial charge < -0.3 is 9.47 Å². The van der Waals surface area contributed by atoms with E-state index in [1.54, 1.807) is 12.2 Å². The molecule has 0 bridgehead atoms. The molecule has 5 aliphatic carbocycles. The van der Waals surface area contributed by atoms with Crippen molar-refractivity contribution in [2.45, 2.75) is 78.4 Å². The van der Waals surface area contributed by atoms with Crippen LogP contribution in [0.3, 0.4) is 0 Å². The van der Waals surface area contributed by atoms with E-state index in [1.807, 2.05) is 6.92 Å². The fraction of sp³-hybridized carbons (Fsp3) is 0.731. The van der Waals surface area contributed by atoms with Crippen molar-refractivity contribution < 1.29 is 28.2 Å². The number of hydrogen-bond acceptors (Lipinski definition) is 5. The summed E-state index contributed by atoms with van der Waals surface area (Å²) >= 11 is 0. The summed E-state index contributed by atoms with van der Waals surface area (Å²) in [4.78, 5) is 36.3. The molecule has 32 heavy (non-hydrogen) atoms. The maximum atomic E-state index is 15.5. The molecule has 0 N–H and O–H groups in total. The molecule has 5 nitrogen and oxygen atoms in total. The highest BCUT2D eigenvalue weighted by Gasteiger charge is 2.71. The minimum absolute atomic E-state index is 0.00677. The maximum Gasteiger partial charge on any atom is 0.303 e. The van der Waals surface area contributed by atoms with Crippen LogP contribution >= 0.6 is 0 Å². The Hall–Kier alpha value is -1.98. The molecule has 0 aromatic rings. The zero-order valence-electron chi connectivity index (χ0n) is 19.6. The van der Waals surface area contributed by atoms with Crippen LogP contribution < -0.4 is 0 Å². The molecule has 2 unspecified atom stereocenters. The summed E-state index contributed by atoms with van der Waals surface area (Å²) in [7, 11) is 0. The van der Waals surface area contributed by atoms with Gasteiger partial charge in [0.15, 0.2) is 11.4 Å². The molecular formula is C26H33FO5. The van der Waals surface area contributed by atoms with Crippen molar-refractivity contribution in [2.75, 3.05) is 0 Å². The molecule has 3 fully saturated rings. The second-order valence-electron chi connectivity index (χ2n) is 11.2. The summed E-state index contributed by atoms with van der Waals surface area (Å²) in [6.45, 7) is 8.88. The SMILES string of the molecule is CC(=O)O[C@@H](C)[C@]1(OC(C)=O)CC[C@H]2[C@@H]3C=C(F)C4=CC(=O)C5CC5[C@@]4(C)[C@@H]3CC[C@@]21C. The van der Waals surface area contributed by atoms with E-state index >= 15 is 4.39 Å². The Kier molecular flexibility index (Phi) is 4.62. The lowest BCUT2D eigenvalue weighted by atomic mass is 9.47. The predicted molar refractivity (Wildman–Crippen MR) is 115 cm³/mol. The highest BCUT2D eigenvalue weighted by atomic mass is 19.1. The van der Waals surface area contributed by atoms with Crippen LogP contribution in [-0.4, -0.2) is 29.4 Å². The van der Waals surface area contributed by atoms with Crippen LogP contribution in [0.25, 0.3) is 0 Å². The second-order valence-corrected chi connectivity index (χ2v) is 11.2. The van der Waals surface area contributed by atoms with Crippen LogP contribution in [0.4, 0.5) is 4.39 Å². The number of hydrogen-bond donors (Lipinski definition) is 0. The molecule has 0 aromatic heterocycles. The molecule has 0 radical (unpaired) electrons. The minimum atomic E-state index is -0.924. The number of esters is 2. The minimum Gasteiger partial charge on any atom is -0.459 e. The van der Waals surface area contributed by atoms with Gasteiger partial charge in [-0.15, -0.1) is 0 Å². The average Bonchev–Trinajstić information content (AvgIpc) is 3.45. The third kappa shape index (κ3) is 2.64. The molecule has 9 atom stereocenters. The van der Waals surface area contributed by atoms with Gasteiger partial charge in [0.1, 0.15) is 11.9 Å². The Morgan fingerprint density at radius 1 is 1.09 bits per heavy atom. The van der Waals surface area contributed by atoms with Crippen LogP contribution in [-0.2, 0) is 23.9 Å². The topological polar surface area (TPSA) is 69.7 Å². The average molecular weight is 445 g/mol. The van der Waals surface area contributed by atoms with Crippen molar-refractivity contribution in [1.29, 1.82) is 0 Å². The number of halogens is 1. The van der Waals surface area contributed by atoms with Gasteiger partial charge >= 0.3 is 11.9 Å². The van der Waals surface area contributed by atoms with Crippen molar-refractivity contribution in [3.8, 4) is 0 Å². The molecule has 3 saturated carbocycles. The smallest absolute Gasteiger partial charge is 0.303 e. The third-order valence-corrected chi connectivity index (χ3v) is 10.0. The molecule has 0 spiro atoms. The number of carbonyl (C=O) groups excluding carboxylic acids is 3. The first-order chi connectivity index (χ1) is 15.0. The van der Waals surface area contributed by atoms with Crippen molar-refractivity contribution in [2.24, 2.45) is 40.4 Å². The van der Waals surface area contributed by atoms with E-state index < -0.39 is 23.1 Å². The Morgan fingerprint density at radius 2 is 1.78 bits per heavy atom. The molecule has 174 valence electrons. The van der Waals surface area contributed by atoms with Gasteiger partial charge in [-0.25, -0.2) is 4.39 Å². The van der Waals surface area contributed by atoms with Crippen LogP contribution in [0, 0.1) is 40.4 Å². The Labute approximate surface area is 188 Å². The van der Waals surface area contributed by atoms with Gasteiger partial charge in [0, 0.05) is 30.6 Å². The largest absolute Gasteiger partial charge is 0.459 e. The molecule has 0 amide bonds. The van der Waals surface area contributed by atoms with E-state index in [4.69, 9.17) is 9.47 Å². The van der Waals surface area contributed by atoms with Gasteiger partial charge in [-0.2, -0.15) is 0 Å². The second kappa shape index (κ2) is 6.77. The lowest BCUT2D eigenvalue weighted by Crippen LogP contribution is -2.60. The summed E-state index contributed by atoms with van der Waals surface area (Å²) < 4.78 is 27.1. The normalized spacial score (nSPS) is 47.1. The zero-order chi connectivity index (χ0) is 23.2. The number of ketones is 1. The third-order valence-electron chi connectivity index (χ3n) is 10.0. The number of ether oxygens (including phenoxy) is 2. The van der Waals surface area contributed by atoms with Crippen LogP contribution in [0.2, 0.25) is 0 Å². The lowest BCUT2D eigenvalue weighted by molar-refractivity contribution is -0.212. The molecule has 0 aliphatic heterocycles. The highest BCUT2D eigenvalue weighted by Crippen LogP contribution is 2.72. The molecule has 6 heteroatoms. The van der Waals surface area contributed by atoms with Crippen LogP contribution in [0.5, 0.6) is 0 Å². The van der Waals surface area contributed by atoms with Gasteiger partial charge in [0.05, 0.1) is 0 Å². The summed E-state index contributed by atoms with van der Waals surface area (Å²) in [5, 5.41) is 0. The first-order valence-electron chi connectivity index (χ1n) is 12.0. The van der Waals surface area contributed by atoms with Gasteiger partial charge in [-0.3, -0.25) is 14.4 Å². The Morgan fingerprint density at radius 3 is 2.44 bits per heavy atom. The molecule has 0 saturated heterocycles. The summed E-state index contributed by atoms with van der Waals surface area (Å²) in [6, 6.07) is 0. The van der Waals surface area contributed by atoms with Crippen molar-refractivity contribution in [3.05, 3.63) is 23.6 Å². The van der Waals surface area contributed by atoms with E-state index in [0.717, 1.165) is 25.7 Å². The Bertz CT molecular complexity index is 967. The molecule has 0 heterocycles. The fourth-order valence-electron chi connectivity index (χ4n) is 8.52. The van der Waals surface area contributed by atoms with Crippen molar-refractivity contribution >= 4 is 17.7 Å². The van der Waals surface area contributed by atoms with Crippen molar-refractivity contribution in [1.82, 2.24) is 0 Å². The lowest BCUT2D eigenvalue weighted by Gasteiger charge is -2.58. The molecule has 0 aromatic carbocycles. The number of allylic oxidation sites excluding steroid dienone is 4.